The number of rotatable bonds is 2. The second kappa shape index (κ2) is 3.68. The molecule has 1 aromatic carbocycles. The summed E-state index contributed by atoms with van der Waals surface area (Å²) in [5.74, 6) is -0.395. The van der Waals surface area contributed by atoms with Gasteiger partial charge in [-0.25, -0.2) is 4.39 Å². The summed E-state index contributed by atoms with van der Waals surface area (Å²) in [5.41, 5.74) is 0.603. The number of aryl methyl sites for hydroxylation is 2. The molecular weight excluding hydrogens is 181 g/mol. The third kappa shape index (κ3) is 2.37. The molecule has 0 aliphatic carbocycles. The largest absolute Gasteiger partial charge is 0.435 e. The van der Waals surface area contributed by atoms with Crippen molar-refractivity contribution in [3.8, 4) is 5.75 Å². The maximum absolute atomic E-state index is 13.0. The topological polar surface area (TPSA) is 9.23 Å². The molecule has 0 saturated carbocycles. The highest BCUT2D eigenvalue weighted by Crippen LogP contribution is 2.21. The van der Waals surface area contributed by atoms with Gasteiger partial charge in [-0.05, 0) is 37.1 Å². The van der Waals surface area contributed by atoms with E-state index < -0.39 is 6.61 Å². The number of alkyl halides is 2. The van der Waals surface area contributed by atoms with Crippen LogP contribution in [0.25, 0.3) is 0 Å². The molecular formula is C9H9F3O. The molecule has 13 heavy (non-hydrogen) atoms. The van der Waals surface area contributed by atoms with Crippen LogP contribution in [0.3, 0.4) is 0 Å². The molecule has 1 nitrogen and oxygen atoms in total. The number of ether oxygens (including phenoxy) is 1. The molecule has 0 unspecified atom stereocenters. The third-order valence-corrected chi connectivity index (χ3v) is 1.64. The predicted octanol–water partition coefficient (Wildman–Crippen LogP) is 3.04. The second-order valence-electron chi connectivity index (χ2n) is 2.75. The Bertz CT molecular complexity index is 287. The lowest BCUT2D eigenvalue weighted by molar-refractivity contribution is -0.0499. The van der Waals surface area contributed by atoms with Gasteiger partial charge >= 0.3 is 6.61 Å². The highest BCUT2D eigenvalue weighted by atomic mass is 19.3. The summed E-state index contributed by atoms with van der Waals surface area (Å²) in [6, 6.07) is 2.49. The van der Waals surface area contributed by atoms with Gasteiger partial charge < -0.3 is 4.74 Å². The number of halogens is 3. The summed E-state index contributed by atoms with van der Waals surface area (Å²) in [6.07, 6.45) is 0. The van der Waals surface area contributed by atoms with Gasteiger partial charge in [0, 0.05) is 0 Å². The molecule has 4 heteroatoms. The molecule has 0 N–H and O–H groups in total. The molecule has 0 saturated heterocycles. The molecule has 0 aromatic heterocycles. The Morgan fingerprint density at radius 3 is 2.00 bits per heavy atom. The normalized spacial score (nSPS) is 10.6. The van der Waals surface area contributed by atoms with Gasteiger partial charge in [0.25, 0.3) is 0 Å². The molecule has 0 amide bonds. The van der Waals surface area contributed by atoms with Crippen molar-refractivity contribution in [1.29, 1.82) is 0 Å². The molecule has 72 valence electrons. The van der Waals surface area contributed by atoms with Gasteiger partial charge in [0.05, 0.1) is 0 Å². The van der Waals surface area contributed by atoms with E-state index in [1.54, 1.807) is 0 Å². The smallest absolute Gasteiger partial charge is 0.387 e. The third-order valence-electron chi connectivity index (χ3n) is 1.64. The van der Waals surface area contributed by atoms with Crippen LogP contribution in [0.2, 0.25) is 0 Å². The Hall–Kier alpha value is -1.19. The van der Waals surface area contributed by atoms with E-state index in [-0.39, 0.29) is 11.6 Å². The van der Waals surface area contributed by atoms with Gasteiger partial charge in [-0.1, -0.05) is 0 Å². The van der Waals surface area contributed by atoms with Crippen LogP contribution < -0.4 is 4.74 Å². The second-order valence-corrected chi connectivity index (χ2v) is 2.75. The van der Waals surface area contributed by atoms with Crippen LogP contribution in [0, 0.1) is 19.7 Å². The first-order valence-corrected chi connectivity index (χ1v) is 3.72. The summed E-state index contributed by atoms with van der Waals surface area (Å²) < 4.78 is 40.7. The SMILES string of the molecule is Cc1cc(OC(F)F)cc(C)c1F. The quantitative estimate of drug-likeness (QED) is 0.696. The predicted molar refractivity (Wildman–Crippen MR) is 42.5 cm³/mol. The van der Waals surface area contributed by atoms with Crippen LogP contribution in [-0.2, 0) is 0 Å². The van der Waals surface area contributed by atoms with Gasteiger partial charge in [0.15, 0.2) is 0 Å². The summed E-state index contributed by atoms with van der Waals surface area (Å²) in [4.78, 5) is 0. The van der Waals surface area contributed by atoms with E-state index in [0.29, 0.717) is 11.1 Å². The first-order valence-electron chi connectivity index (χ1n) is 3.72. The Kier molecular flexibility index (Phi) is 2.80. The van der Waals surface area contributed by atoms with Gasteiger partial charge in [-0.3, -0.25) is 0 Å². The van der Waals surface area contributed by atoms with Crippen LogP contribution in [0.4, 0.5) is 13.2 Å². The fourth-order valence-corrected chi connectivity index (χ4v) is 1.08. The lowest BCUT2D eigenvalue weighted by Crippen LogP contribution is -2.03. The van der Waals surface area contributed by atoms with Gasteiger partial charge in [-0.15, -0.1) is 0 Å². The highest BCUT2D eigenvalue weighted by Gasteiger charge is 2.08. The van der Waals surface area contributed by atoms with Crippen LogP contribution >= 0.6 is 0 Å². The zero-order valence-corrected chi connectivity index (χ0v) is 7.27. The molecule has 1 rings (SSSR count). The minimum Gasteiger partial charge on any atom is -0.435 e. The summed E-state index contributed by atoms with van der Waals surface area (Å²) in [7, 11) is 0. The van der Waals surface area contributed by atoms with E-state index in [4.69, 9.17) is 0 Å². The summed E-state index contributed by atoms with van der Waals surface area (Å²) in [6.45, 7) is 0.130. The summed E-state index contributed by atoms with van der Waals surface area (Å²) >= 11 is 0. The van der Waals surface area contributed by atoms with E-state index in [9.17, 15) is 13.2 Å². The fraction of sp³-hybridized carbons (Fsp3) is 0.333. The van der Waals surface area contributed by atoms with Crippen molar-refractivity contribution in [2.24, 2.45) is 0 Å². The van der Waals surface area contributed by atoms with Crippen molar-refractivity contribution in [3.05, 3.63) is 29.1 Å². The standard InChI is InChI=1S/C9H9F3O/c1-5-3-7(13-9(11)12)4-6(2)8(5)10/h3-4,9H,1-2H3. The van der Waals surface area contributed by atoms with Crippen LogP contribution in [0.1, 0.15) is 11.1 Å². The summed E-state index contributed by atoms with van der Waals surface area (Å²) in [5, 5.41) is 0. The van der Waals surface area contributed by atoms with E-state index in [1.807, 2.05) is 0 Å². The molecule has 0 bridgehead atoms. The first kappa shape index (κ1) is 9.89. The van der Waals surface area contributed by atoms with Crippen molar-refractivity contribution in [3.63, 3.8) is 0 Å². The van der Waals surface area contributed by atoms with E-state index in [2.05, 4.69) is 4.74 Å². The van der Waals surface area contributed by atoms with Crippen LogP contribution in [0.15, 0.2) is 12.1 Å². The molecule has 0 radical (unpaired) electrons. The average Bonchev–Trinajstić information content (AvgIpc) is 1.98. The highest BCUT2D eigenvalue weighted by molar-refractivity contribution is 5.34. The van der Waals surface area contributed by atoms with Crippen molar-refractivity contribution >= 4 is 0 Å². The van der Waals surface area contributed by atoms with Gasteiger partial charge in [0.2, 0.25) is 0 Å². The fourth-order valence-electron chi connectivity index (χ4n) is 1.08. The lowest BCUT2D eigenvalue weighted by Gasteiger charge is -2.07. The van der Waals surface area contributed by atoms with Crippen molar-refractivity contribution in [2.75, 3.05) is 0 Å². The van der Waals surface area contributed by atoms with Gasteiger partial charge in [-0.2, -0.15) is 8.78 Å². The van der Waals surface area contributed by atoms with Crippen molar-refractivity contribution in [2.45, 2.75) is 20.5 Å². The Labute approximate surface area is 74.1 Å². The molecule has 0 atom stereocenters. The molecule has 0 spiro atoms. The molecule has 0 aliphatic heterocycles. The maximum atomic E-state index is 13.0. The number of benzene rings is 1. The zero-order chi connectivity index (χ0) is 10.0. The number of hydrogen-bond donors (Lipinski definition) is 0. The van der Waals surface area contributed by atoms with Crippen molar-refractivity contribution in [1.82, 2.24) is 0 Å². The molecule has 0 aliphatic rings. The Balaban J connectivity index is 2.99. The lowest BCUT2D eigenvalue weighted by atomic mass is 10.1. The average molecular weight is 190 g/mol. The maximum Gasteiger partial charge on any atom is 0.387 e. The molecule has 0 heterocycles. The van der Waals surface area contributed by atoms with Crippen molar-refractivity contribution < 1.29 is 17.9 Å². The minimum absolute atomic E-state index is 0.00796. The molecule has 0 fully saturated rings. The zero-order valence-electron chi connectivity index (χ0n) is 7.27. The number of hydrogen-bond acceptors (Lipinski definition) is 1. The van der Waals surface area contributed by atoms with Crippen LogP contribution in [0.5, 0.6) is 5.75 Å². The van der Waals surface area contributed by atoms with E-state index in [1.165, 1.54) is 26.0 Å². The Morgan fingerprint density at radius 1 is 1.15 bits per heavy atom. The molecule has 1 aromatic rings. The monoisotopic (exact) mass is 190 g/mol. The minimum atomic E-state index is -2.87. The van der Waals surface area contributed by atoms with E-state index in [0.717, 1.165) is 0 Å². The Morgan fingerprint density at radius 2 is 1.62 bits per heavy atom. The van der Waals surface area contributed by atoms with Crippen LogP contribution in [-0.4, -0.2) is 6.61 Å². The van der Waals surface area contributed by atoms with Gasteiger partial charge in [0.1, 0.15) is 11.6 Å². The van der Waals surface area contributed by atoms with E-state index >= 15 is 0 Å². The first-order chi connectivity index (χ1) is 6.00.